The minimum Gasteiger partial charge on any atom is -0.455 e. The average molecular weight is 351 g/mol. The first-order chi connectivity index (χ1) is 12.1. The number of hydrogen-bond acceptors (Lipinski definition) is 9. The van der Waals surface area contributed by atoms with Gasteiger partial charge in [-0.3, -0.25) is 9.36 Å². The summed E-state index contributed by atoms with van der Waals surface area (Å²) in [4.78, 5) is 24.2. The monoisotopic (exact) mass is 351 g/mol. The maximum atomic E-state index is 12.0. The minimum atomic E-state index is -1.17. The van der Waals surface area contributed by atoms with E-state index in [1.54, 1.807) is 0 Å². The van der Waals surface area contributed by atoms with Crippen LogP contribution in [0.2, 0.25) is 0 Å². The standard InChI is InChI=1S/C15H21N5O5/c1-2-3-4-9(22)25-12-11(23)8(5-21)24-15(12)20-7-19-10-13(16)17-6-18-14(10)20/h6-8,11-12,15,21,23H,2-5H2,1H3,(H2,16,17,18)/t8-,11-,12+,15+/m1/s1. The normalized spacial score (nSPS) is 26.2. The van der Waals surface area contributed by atoms with Crippen molar-refractivity contribution in [3.63, 3.8) is 0 Å². The zero-order valence-electron chi connectivity index (χ0n) is 13.8. The lowest BCUT2D eigenvalue weighted by molar-refractivity contribution is -0.158. The molecule has 0 aliphatic carbocycles. The Morgan fingerprint density at radius 2 is 2.24 bits per heavy atom. The van der Waals surface area contributed by atoms with Crippen LogP contribution in [0.25, 0.3) is 11.2 Å². The summed E-state index contributed by atoms with van der Waals surface area (Å²) in [5, 5.41) is 19.8. The number of fused-ring (bicyclic) bond motifs is 1. The van der Waals surface area contributed by atoms with E-state index in [0.29, 0.717) is 17.6 Å². The fraction of sp³-hybridized carbons (Fsp3) is 0.600. The molecule has 1 saturated heterocycles. The van der Waals surface area contributed by atoms with Crippen molar-refractivity contribution in [2.45, 2.75) is 50.7 Å². The van der Waals surface area contributed by atoms with Gasteiger partial charge in [0, 0.05) is 6.42 Å². The van der Waals surface area contributed by atoms with Gasteiger partial charge >= 0.3 is 5.97 Å². The first-order valence-electron chi connectivity index (χ1n) is 8.13. The van der Waals surface area contributed by atoms with Crippen LogP contribution in [0.4, 0.5) is 5.82 Å². The Balaban J connectivity index is 1.90. The van der Waals surface area contributed by atoms with E-state index >= 15 is 0 Å². The summed E-state index contributed by atoms with van der Waals surface area (Å²) >= 11 is 0. The van der Waals surface area contributed by atoms with Crippen LogP contribution >= 0.6 is 0 Å². The summed E-state index contributed by atoms with van der Waals surface area (Å²) in [5.41, 5.74) is 6.54. The maximum absolute atomic E-state index is 12.0. The number of rotatable bonds is 6. The highest BCUT2D eigenvalue weighted by Crippen LogP contribution is 2.34. The summed E-state index contributed by atoms with van der Waals surface area (Å²) in [5.74, 6) is -0.228. The van der Waals surface area contributed by atoms with E-state index in [1.165, 1.54) is 17.2 Å². The van der Waals surface area contributed by atoms with Crippen molar-refractivity contribution in [1.29, 1.82) is 0 Å². The molecular weight excluding hydrogens is 330 g/mol. The second-order valence-corrected chi connectivity index (χ2v) is 5.88. The summed E-state index contributed by atoms with van der Waals surface area (Å²) < 4.78 is 12.6. The highest BCUT2D eigenvalue weighted by Gasteiger charge is 2.47. The third-order valence-electron chi connectivity index (χ3n) is 4.16. The Labute approximate surface area is 143 Å². The van der Waals surface area contributed by atoms with E-state index in [9.17, 15) is 15.0 Å². The van der Waals surface area contributed by atoms with Gasteiger partial charge in [-0.1, -0.05) is 13.3 Å². The van der Waals surface area contributed by atoms with Gasteiger partial charge < -0.3 is 25.4 Å². The molecule has 136 valence electrons. The molecule has 0 unspecified atom stereocenters. The van der Waals surface area contributed by atoms with Crippen molar-refractivity contribution in [3.05, 3.63) is 12.7 Å². The number of esters is 1. The number of nitrogens with two attached hydrogens (primary N) is 1. The lowest BCUT2D eigenvalue weighted by atomic mass is 10.1. The smallest absolute Gasteiger partial charge is 0.306 e. The highest BCUT2D eigenvalue weighted by molar-refractivity contribution is 5.81. The molecule has 0 aromatic carbocycles. The summed E-state index contributed by atoms with van der Waals surface area (Å²) in [6, 6.07) is 0. The number of unbranched alkanes of at least 4 members (excludes halogenated alkanes) is 1. The van der Waals surface area contributed by atoms with Crippen LogP contribution in [0.1, 0.15) is 32.4 Å². The number of carbonyl (C=O) groups excluding carboxylic acids is 1. The minimum absolute atomic E-state index is 0.206. The van der Waals surface area contributed by atoms with Crippen molar-refractivity contribution in [2.75, 3.05) is 12.3 Å². The van der Waals surface area contributed by atoms with Crippen LogP contribution in [-0.2, 0) is 14.3 Å². The van der Waals surface area contributed by atoms with Gasteiger partial charge in [-0.2, -0.15) is 0 Å². The topological polar surface area (TPSA) is 146 Å². The van der Waals surface area contributed by atoms with Crippen molar-refractivity contribution in [2.24, 2.45) is 0 Å². The van der Waals surface area contributed by atoms with Gasteiger partial charge in [-0.05, 0) is 6.42 Å². The number of anilines is 1. The Morgan fingerprint density at radius 3 is 2.96 bits per heavy atom. The molecule has 2 aromatic heterocycles. The Hall–Kier alpha value is -2.30. The summed E-state index contributed by atoms with van der Waals surface area (Å²) in [7, 11) is 0. The molecule has 2 aromatic rings. The lowest BCUT2D eigenvalue weighted by Gasteiger charge is -2.21. The fourth-order valence-corrected chi connectivity index (χ4v) is 2.81. The average Bonchev–Trinajstić information content (AvgIpc) is 3.16. The summed E-state index contributed by atoms with van der Waals surface area (Å²) in [6.45, 7) is 1.55. The van der Waals surface area contributed by atoms with E-state index in [-0.39, 0.29) is 12.2 Å². The largest absolute Gasteiger partial charge is 0.455 e. The maximum Gasteiger partial charge on any atom is 0.306 e. The molecule has 0 bridgehead atoms. The number of aromatic nitrogens is 4. The predicted octanol–water partition coefficient (Wildman–Crippen LogP) is -0.239. The number of nitrogen functional groups attached to an aromatic ring is 1. The van der Waals surface area contributed by atoms with Crippen molar-refractivity contribution >= 4 is 23.0 Å². The van der Waals surface area contributed by atoms with Gasteiger partial charge in [0.25, 0.3) is 0 Å². The van der Waals surface area contributed by atoms with E-state index in [2.05, 4.69) is 15.0 Å². The Morgan fingerprint density at radius 1 is 1.44 bits per heavy atom. The molecule has 4 N–H and O–H groups in total. The zero-order chi connectivity index (χ0) is 18.0. The number of ether oxygens (including phenoxy) is 2. The lowest BCUT2D eigenvalue weighted by Crippen LogP contribution is -2.37. The quantitative estimate of drug-likeness (QED) is 0.600. The highest BCUT2D eigenvalue weighted by atomic mass is 16.6. The molecule has 1 fully saturated rings. The van der Waals surface area contributed by atoms with Gasteiger partial charge in [0.1, 0.15) is 24.1 Å². The van der Waals surface area contributed by atoms with Crippen LogP contribution in [0.15, 0.2) is 12.7 Å². The first-order valence-corrected chi connectivity index (χ1v) is 8.13. The van der Waals surface area contributed by atoms with Gasteiger partial charge in [-0.25, -0.2) is 15.0 Å². The Kier molecular flexibility index (Phi) is 5.11. The number of nitrogens with zero attached hydrogens (tertiary/aromatic N) is 4. The molecule has 0 radical (unpaired) electrons. The number of aliphatic hydroxyl groups is 2. The van der Waals surface area contributed by atoms with Crippen molar-refractivity contribution in [3.8, 4) is 0 Å². The molecule has 0 amide bonds. The molecule has 3 rings (SSSR count). The second-order valence-electron chi connectivity index (χ2n) is 5.88. The third-order valence-corrected chi connectivity index (χ3v) is 4.16. The molecule has 1 aliphatic heterocycles. The third kappa shape index (κ3) is 3.28. The molecule has 4 atom stereocenters. The van der Waals surface area contributed by atoms with Gasteiger partial charge in [-0.15, -0.1) is 0 Å². The molecule has 3 heterocycles. The number of aliphatic hydroxyl groups excluding tert-OH is 2. The fourth-order valence-electron chi connectivity index (χ4n) is 2.81. The van der Waals surface area contributed by atoms with E-state index < -0.39 is 37.1 Å². The van der Waals surface area contributed by atoms with Crippen molar-refractivity contribution < 1.29 is 24.5 Å². The summed E-state index contributed by atoms with van der Waals surface area (Å²) in [6.07, 6.45) is 0.580. The first kappa shape index (κ1) is 17.5. The van der Waals surface area contributed by atoms with Crippen LogP contribution in [0.5, 0.6) is 0 Å². The van der Waals surface area contributed by atoms with E-state index in [1.807, 2.05) is 6.92 Å². The molecule has 25 heavy (non-hydrogen) atoms. The molecule has 0 saturated carbocycles. The molecule has 10 nitrogen and oxygen atoms in total. The van der Waals surface area contributed by atoms with E-state index in [4.69, 9.17) is 15.2 Å². The SMILES string of the molecule is CCCCC(=O)O[C@H]1[C@H](O)[C@@H](CO)O[C@@H]1n1cnc2c(N)ncnc21. The number of imidazole rings is 1. The molecule has 10 heteroatoms. The number of carbonyl (C=O) groups is 1. The Bertz CT molecular complexity index is 751. The van der Waals surface area contributed by atoms with Crippen molar-refractivity contribution in [1.82, 2.24) is 19.5 Å². The zero-order valence-corrected chi connectivity index (χ0v) is 13.8. The second kappa shape index (κ2) is 7.30. The molecule has 0 spiro atoms. The van der Waals surface area contributed by atoms with E-state index in [0.717, 1.165) is 6.42 Å². The molecular formula is C15H21N5O5. The van der Waals surface area contributed by atoms with Crippen LogP contribution in [0, 0.1) is 0 Å². The predicted molar refractivity (Wildman–Crippen MR) is 86.1 cm³/mol. The van der Waals surface area contributed by atoms with Gasteiger partial charge in [0.2, 0.25) is 0 Å². The van der Waals surface area contributed by atoms with Gasteiger partial charge in [0.15, 0.2) is 23.8 Å². The van der Waals surface area contributed by atoms with Crippen LogP contribution in [0.3, 0.4) is 0 Å². The molecule has 1 aliphatic rings. The van der Waals surface area contributed by atoms with Gasteiger partial charge in [0.05, 0.1) is 12.9 Å². The van der Waals surface area contributed by atoms with Crippen LogP contribution in [-0.4, -0.2) is 60.6 Å². The number of hydrogen-bond donors (Lipinski definition) is 3. The van der Waals surface area contributed by atoms with Crippen LogP contribution < -0.4 is 5.73 Å².